The Hall–Kier alpha value is -0.860. The molecule has 2 heteroatoms. The van der Waals surface area contributed by atoms with E-state index in [1.165, 1.54) is 11.1 Å². The molecule has 1 rings (SSSR count). The van der Waals surface area contributed by atoms with Crippen LogP contribution >= 0.6 is 0 Å². The molecule has 1 aromatic carbocycles. The van der Waals surface area contributed by atoms with Gasteiger partial charge in [-0.15, -0.1) is 0 Å². The monoisotopic (exact) mass is 235 g/mol. The number of nitrogens with one attached hydrogen (secondary N) is 1. The van der Waals surface area contributed by atoms with Crippen LogP contribution in [0.15, 0.2) is 24.3 Å². The topological polar surface area (TPSA) is 21.3 Å². The first-order valence-corrected chi connectivity index (χ1v) is 6.34. The van der Waals surface area contributed by atoms with Crippen molar-refractivity contribution in [3.05, 3.63) is 35.4 Å². The van der Waals surface area contributed by atoms with Crippen molar-refractivity contribution >= 4 is 0 Å². The fraction of sp³-hybridized carbons (Fsp3) is 0.600. The second-order valence-electron chi connectivity index (χ2n) is 5.05. The zero-order valence-electron chi connectivity index (χ0n) is 11.7. The lowest BCUT2D eigenvalue weighted by Crippen LogP contribution is -2.49. The van der Waals surface area contributed by atoms with Crippen molar-refractivity contribution in [3.8, 4) is 0 Å². The highest BCUT2D eigenvalue weighted by Crippen LogP contribution is 2.19. The Kier molecular flexibility index (Phi) is 5.16. The van der Waals surface area contributed by atoms with Gasteiger partial charge in [0.2, 0.25) is 0 Å². The summed E-state index contributed by atoms with van der Waals surface area (Å²) >= 11 is 0. The van der Waals surface area contributed by atoms with Crippen molar-refractivity contribution in [2.24, 2.45) is 0 Å². The average Bonchev–Trinajstić information content (AvgIpc) is 2.31. The van der Waals surface area contributed by atoms with E-state index in [4.69, 9.17) is 4.74 Å². The van der Waals surface area contributed by atoms with Crippen molar-refractivity contribution in [1.82, 2.24) is 5.32 Å². The van der Waals surface area contributed by atoms with Gasteiger partial charge in [0.1, 0.15) is 0 Å². The minimum atomic E-state index is -0.154. The van der Waals surface area contributed by atoms with E-state index in [9.17, 15) is 0 Å². The highest BCUT2D eigenvalue weighted by atomic mass is 16.5. The Labute approximate surface area is 105 Å². The maximum atomic E-state index is 5.60. The second kappa shape index (κ2) is 6.18. The molecule has 0 bridgehead atoms. The summed E-state index contributed by atoms with van der Waals surface area (Å²) in [6, 6.07) is 8.88. The van der Waals surface area contributed by atoms with Crippen LogP contribution in [0.2, 0.25) is 0 Å². The van der Waals surface area contributed by atoms with Crippen molar-refractivity contribution < 1.29 is 4.74 Å². The molecule has 1 unspecified atom stereocenters. The first-order chi connectivity index (χ1) is 8.01. The fourth-order valence-electron chi connectivity index (χ4n) is 2.01. The average molecular weight is 235 g/mol. The van der Waals surface area contributed by atoms with Crippen molar-refractivity contribution in [2.75, 3.05) is 13.7 Å². The zero-order valence-corrected chi connectivity index (χ0v) is 11.7. The smallest absolute Gasteiger partial charge is 0.0778 e. The van der Waals surface area contributed by atoms with Gasteiger partial charge in [-0.2, -0.15) is 0 Å². The van der Waals surface area contributed by atoms with E-state index in [0.29, 0.717) is 6.04 Å². The van der Waals surface area contributed by atoms with E-state index in [0.717, 1.165) is 13.0 Å². The Balaban J connectivity index is 2.84. The molecule has 0 radical (unpaired) electrons. The van der Waals surface area contributed by atoms with Crippen LogP contribution in [-0.4, -0.2) is 25.3 Å². The summed E-state index contributed by atoms with van der Waals surface area (Å²) in [5.41, 5.74) is 2.59. The predicted octanol–water partition coefficient (Wildman–Crippen LogP) is 2.94. The van der Waals surface area contributed by atoms with Crippen molar-refractivity contribution in [3.63, 3.8) is 0 Å². The first kappa shape index (κ1) is 14.2. The summed E-state index contributed by atoms with van der Waals surface area (Å²) < 4.78 is 5.60. The molecule has 0 aliphatic heterocycles. The molecule has 0 aromatic heterocycles. The maximum absolute atomic E-state index is 5.60. The molecule has 0 heterocycles. The number of hydrogen-bond acceptors (Lipinski definition) is 2. The van der Waals surface area contributed by atoms with Gasteiger partial charge in [0, 0.05) is 13.2 Å². The maximum Gasteiger partial charge on any atom is 0.0778 e. The van der Waals surface area contributed by atoms with Gasteiger partial charge in [-0.25, -0.2) is 0 Å². The molecular weight excluding hydrogens is 210 g/mol. The second-order valence-corrected chi connectivity index (χ2v) is 5.05. The summed E-state index contributed by atoms with van der Waals surface area (Å²) in [5.74, 6) is 0. The van der Waals surface area contributed by atoms with Gasteiger partial charge in [0.05, 0.1) is 5.60 Å². The molecule has 0 aliphatic rings. The van der Waals surface area contributed by atoms with Gasteiger partial charge >= 0.3 is 0 Å². The lowest BCUT2D eigenvalue weighted by Gasteiger charge is -2.34. The van der Waals surface area contributed by atoms with Crippen LogP contribution in [0.25, 0.3) is 0 Å². The third-order valence-electron chi connectivity index (χ3n) is 3.50. The Morgan fingerprint density at radius 1 is 1.29 bits per heavy atom. The van der Waals surface area contributed by atoms with E-state index < -0.39 is 0 Å². The SMILES string of the molecule is CCNC(Cc1ccccc1C)C(C)(C)OC. The van der Waals surface area contributed by atoms with Gasteiger partial charge in [0.25, 0.3) is 0 Å². The number of methoxy groups -OCH3 is 1. The summed E-state index contributed by atoms with van der Waals surface area (Å²) in [5, 5.41) is 3.52. The molecule has 0 amide bonds. The molecule has 2 nitrogen and oxygen atoms in total. The van der Waals surface area contributed by atoms with Crippen LogP contribution in [0.3, 0.4) is 0 Å². The largest absolute Gasteiger partial charge is 0.377 e. The number of benzene rings is 1. The lowest BCUT2D eigenvalue weighted by molar-refractivity contribution is -0.00963. The van der Waals surface area contributed by atoms with Gasteiger partial charge in [-0.1, -0.05) is 31.2 Å². The third kappa shape index (κ3) is 3.83. The van der Waals surface area contributed by atoms with E-state index in [1.807, 2.05) is 0 Å². The third-order valence-corrected chi connectivity index (χ3v) is 3.50. The molecule has 1 N–H and O–H groups in total. The lowest BCUT2D eigenvalue weighted by atomic mass is 9.90. The van der Waals surface area contributed by atoms with Crippen LogP contribution in [0.1, 0.15) is 31.9 Å². The molecule has 1 aromatic rings. The minimum Gasteiger partial charge on any atom is -0.377 e. The van der Waals surface area contributed by atoms with E-state index >= 15 is 0 Å². The molecule has 0 aliphatic carbocycles. The first-order valence-electron chi connectivity index (χ1n) is 6.34. The van der Waals surface area contributed by atoms with Crippen LogP contribution in [0, 0.1) is 6.92 Å². The van der Waals surface area contributed by atoms with Crippen molar-refractivity contribution in [2.45, 2.75) is 45.8 Å². The molecule has 17 heavy (non-hydrogen) atoms. The molecule has 0 spiro atoms. The van der Waals surface area contributed by atoms with Crippen LogP contribution in [-0.2, 0) is 11.2 Å². The number of aryl methyl sites for hydroxylation is 1. The van der Waals surface area contributed by atoms with Gasteiger partial charge in [-0.3, -0.25) is 0 Å². The van der Waals surface area contributed by atoms with E-state index in [2.05, 4.69) is 57.3 Å². The molecule has 0 saturated carbocycles. The summed E-state index contributed by atoms with van der Waals surface area (Å²) in [6.45, 7) is 9.54. The number of ether oxygens (including phenoxy) is 1. The summed E-state index contributed by atoms with van der Waals surface area (Å²) in [6.07, 6.45) is 1.00. The number of hydrogen-bond donors (Lipinski definition) is 1. The Morgan fingerprint density at radius 2 is 1.94 bits per heavy atom. The standard InChI is InChI=1S/C15H25NO/c1-6-16-14(15(3,4)17-5)11-13-10-8-7-9-12(13)2/h7-10,14,16H,6,11H2,1-5H3. The van der Waals surface area contributed by atoms with Crippen molar-refractivity contribution in [1.29, 1.82) is 0 Å². The normalized spacial score (nSPS) is 13.7. The van der Waals surface area contributed by atoms with E-state index in [-0.39, 0.29) is 5.60 Å². The molecule has 0 fully saturated rings. The highest BCUT2D eigenvalue weighted by Gasteiger charge is 2.28. The predicted molar refractivity (Wildman–Crippen MR) is 73.4 cm³/mol. The van der Waals surface area contributed by atoms with Gasteiger partial charge < -0.3 is 10.1 Å². The van der Waals surface area contributed by atoms with Crippen LogP contribution in [0.4, 0.5) is 0 Å². The summed E-state index contributed by atoms with van der Waals surface area (Å²) in [4.78, 5) is 0. The fourth-order valence-corrected chi connectivity index (χ4v) is 2.01. The zero-order chi connectivity index (χ0) is 12.9. The number of likely N-dealkylation sites (N-methyl/N-ethyl adjacent to an activating group) is 1. The Bertz CT molecular complexity index is 347. The van der Waals surface area contributed by atoms with Crippen LogP contribution < -0.4 is 5.32 Å². The minimum absolute atomic E-state index is 0.154. The quantitative estimate of drug-likeness (QED) is 0.818. The molecular formula is C15H25NO. The Morgan fingerprint density at radius 3 is 2.47 bits per heavy atom. The van der Waals surface area contributed by atoms with E-state index in [1.54, 1.807) is 7.11 Å². The molecule has 1 atom stereocenters. The number of rotatable bonds is 6. The van der Waals surface area contributed by atoms with Gasteiger partial charge in [-0.05, 0) is 44.9 Å². The molecule has 0 saturated heterocycles. The van der Waals surface area contributed by atoms with Gasteiger partial charge in [0.15, 0.2) is 0 Å². The molecule has 96 valence electrons. The highest BCUT2D eigenvalue weighted by molar-refractivity contribution is 5.26. The van der Waals surface area contributed by atoms with Crippen LogP contribution in [0.5, 0.6) is 0 Å². The summed E-state index contributed by atoms with van der Waals surface area (Å²) in [7, 11) is 1.78.